The molecule has 1 aliphatic heterocycles. The number of fused-ring (bicyclic) bond motifs is 2. The third-order valence-corrected chi connectivity index (χ3v) is 6.62. The summed E-state index contributed by atoms with van der Waals surface area (Å²) in [5, 5.41) is 11.8. The maximum absolute atomic E-state index is 11.7. The largest absolute Gasteiger partial charge is 0.469 e. The second kappa shape index (κ2) is 10.4. The number of benzene rings is 1. The Kier molecular flexibility index (Phi) is 7.62. The van der Waals surface area contributed by atoms with Crippen LogP contribution in [-0.4, -0.2) is 43.3 Å². The molecule has 1 aromatic carbocycles. The molecule has 14 heteroatoms. The minimum absolute atomic E-state index is 0.0283. The summed E-state index contributed by atoms with van der Waals surface area (Å²) in [4.78, 5) is 53.7. The van der Waals surface area contributed by atoms with Gasteiger partial charge in [0.15, 0.2) is 0 Å². The van der Waals surface area contributed by atoms with E-state index in [9.17, 15) is 24.1 Å². The van der Waals surface area contributed by atoms with Gasteiger partial charge in [0.25, 0.3) is 5.56 Å². The Morgan fingerprint density at radius 1 is 1.05 bits per heavy atom. The number of phosphoric ester groups is 1. The van der Waals surface area contributed by atoms with Gasteiger partial charge < -0.3 is 28.5 Å². The molecule has 3 atom stereocenters. The molecule has 4 aromatic rings. The molecule has 1 saturated heterocycles. The van der Waals surface area contributed by atoms with Crippen molar-refractivity contribution in [1.82, 2.24) is 9.55 Å². The van der Waals surface area contributed by atoms with Gasteiger partial charge in [0.1, 0.15) is 29.3 Å². The molecule has 3 aromatic heterocycles. The van der Waals surface area contributed by atoms with Crippen molar-refractivity contribution in [2.75, 3.05) is 6.61 Å². The van der Waals surface area contributed by atoms with E-state index in [1.165, 1.54) is 19.2 Å². The van der Waals surface area contributed by atoms with Crippen LogP contribution in [0, 0.1) is 27.7 Å². The number of hydrogen-bond acceptors (Lipinski definition) is 9. The highest BCUT2D eigenvalue weighted by Gasteiger charge is 2.37. The van der Waals surface area contributed by atoms with Crippen LogP contribution in [0.15, 0.2) is 47.6 Å². The van der Waals surface area contributed by atoms with Crippen LogP contribution in [0.2, 0.25) is 0 Å². The summed E-state index contributed by atoms with van der Waals surface area (Å²) in [6.45, 7) is 6.73. The van der Waals surface area contributed by atoms with Gasteiger partial charge in [-0.1, -0.05) is 0 Å². The molecule has 0 aliphatic carbocycles. The maximum Gasteiger partial charge on any atom is 0.469 e. The van der Waals surface area contributed by atoms with Gasteiger partial charge >= 0.3 is 19.1 Å². The Balaban J connectivity index is 0.000000180. The minimum Gasteiger partial charge on any atom is -0.461 e. The fourth-order valence-electron chi connectivity index (χ4n) is 4.28. The number of phosphoric acid groups is 1. The Morgan fingerprint density at radius 2 is 1.76 bits per heavy atom. The number of aryl methyl sites for hydroxylation is 4. The van der Waals surface area contributed by atoms with Crippen molar-refractivity contribution in [3.05, 3.63) is 78.1 Å². The van der Waals surface area contributed by atoms with E-state index in [1.807, 2.05) is 32.9 Å². The monoisotopic (exact) mass is 550 g/mol. The van der Waals surface area contributed by atoms with Gasteiger partial charge in [-0.25, -0.2) is 14.2 Å². The highest BCUT2D eigenvalue weighted by atomic mass is 31.2. The van der Waals surface area contributed by atoms with Crippen LogP contribution in [0.25, 0.3) is 21.9 Å². The predicted molar refractivity (Wildman–Crippen MR) is 135 cm³/mol. The highest BCUT2D eigenvalue weighted by molar-refractivity contribution is 7.46. The number of aromatic nitrogens is 2. The molecular weight excluding hydrogens is 523 g/mol. The van der Waals surface area contributed by atoms with E-state index in [0.717, 1.165) is 37.8 Å². The van der Waals surface area contributed by atoms with E-state index in [4.69, 9.17) is 23.4 Å². The van der Waals surface area contributed by atoms with Crippen molar-refractivity contribution in [3.63, 3.8) is 0 Å². The molecule has 1 aliphatic rings. The summed E-state index contributed by atoms with van der Waals surface area (Å²) < 4.78 is 32.3. The zero-order chi connectivity index (χ0) is 27.9. The molecule has 13 nitrogen and oxygen atoms in total. The summed E-state index contributed by atoms with van der Waals surface area (Å²) in [6, 6.07) is 5.51. The van der Waals surface area contributed by atoms with Crippen LogP contribution in [0.4, 0.5) is 0 Å². The number of aliphatic hydroxyl groups excluding tert-OH is 1. The number of nitrogens with zero attached hydrogens (tertiary/aromatic N) is 1. The molecule has 0 amide bonds. The molecule has 0 saturated carbocycles. The van der Waals surface area contributed by atoms with Crippen molar-refractivity contribution in [1.29, 1.82) is 0 Å². The average molecular weight is 550 g/mol. The molecule has 38 heavy (non-hydrogen) atoms. The van der Waals surface area contributed by atoms with E-state index >= 15 is 0 Å². The molecule has 0 unspecified atom stereocenters. The lowest BCUT2D eigenvalue weighted by atomic mass is 10.1. The first-order chi connectivity index (χ1) is 17.7. The Bertz CT molecular complexity index is 1730. The molecule has 0 bridgehead atoms. The van der Waals surface area contributed by atoms with E-state index < -0.39 is 44.1 Å². The van der Waals surface area contributed by atoms with Crippen LogP contribution in [0.3, 0.4) is 0 Å². The third-order valence-electron chi connectivity index (χ3n) is 6.14. The number of ether oxygens (including phenoxy) is 1. The Morgan fingerprint density at radius 3 is 2.45 bits per heavy atom. The summed E-state index contributed by atoms with van der Waals surface area (Å²) in [7, 11) is -4.67. The molecule has 5 rings (SSSR count). The fourth-order valence-corrected chi connectivity index (χ4v) is 4.62. The lowest BCUT2D eigenvalue weighted by molar-refractivity contribution is -0.0451. The smallest absolute Gasteiger partial charge is 0.461 e. The van der Waals surface area contributed by atoms with Crippen LogP contribution in [0.5, 0.6) is 0 Å². The minimum atomic E-state index is -4.67. The summed E-state index contributed by atoms with van der Waals surface area (Å²) in [5.41, 5.74) is 1.99. The zero-order valence-corrected chi connectivity index (χ0v) is 21.9. The molecule has 1 fully saturated rings. The SMILES string of the molecule is Cc1cc2cc3c(C)cc(=O)oc3c(C)c2o1.Cc1cn([C@H]2C[C@H](O)[C@@H](COP(=O)(O)O)O2)c(=O)[nH]c1=O. The Hall–Kier alpha value is -3.32. The maximum atomic E-state index is 11.7. The Labute approximate surface area is 214 Å². The first-order valence-electron chi connectivity index (χ1n) is 11.5. The first kappa shape index (κ1) is 27.7. The average Bonchev–Trinajstić information content (AvgIpc) is 3.37. The van der Waals surface area contributed by atoms with Gasteiger partial charge in [0, 0.05) is 40.6 Å². The fraction of sp³-hybridized carbons (Fsp3) is 0.375. The standard InChI is InChI=1S/C14H12O3.C10H15N2O8P/c1-7-4-12(15)17-14-9(3)13-10(6-11(7)14)5-8(2)16-13;1-5-3-12(10(15)11-9(5)14)8-2-6(13)7(20-8)4-19-21(16,17)18/h4-6H,1-3H3;3,6-8,13H,2,4H2,1H3,(H,11,14,15)(H2,16,17,18)/t;6-,7+,8+/m.0/s1. The van der Waals surface area contributed by atoms with Crippen LogP contribution < -0.4 is 16.9 Å². The van der Waals surface area contributed by atoms with E-state index in [0.29, 0.717) is 11.1 Å². The second-order valence-corrected chi connectivity index (χ2v) is 10.3. The van der Waals surface area contributed by atoms with Gasteiger partial charge in [0.2, 0.25) is 0 Å². The van der Waals surface area contributed by atoms with Crippen molar-refractivity contribution >= 4 is 29.8 Å². The van der Waals surface area contributed by atoms with Crippen molar-refractivity contribution in [3.8, 4) is 0 Å². The van der Waals surface area contributed by atoms with E-state index in [-0.39, 0.29) is 12.0 Å². The summed E-state index contributed by atoms with van der Waals surface area (Å²) in [6.07, 6.45) is -1.57. The number of rotatable bonds is 4. The van der Waals surface area contributed by atoms with Gasteiger partial charge in [-0.2, -0.15) is 0 Å². The van der Waals surface area contributed by atoms with Gasteiger partial charge in [-0.3, -0.25) is 18.9 Å². The van der Waals surface area contributed by atoms with Crippen molar-refractivity contribution in [2.24, 2.45) is 0 Å². The summed E-state index contributed by atoms with van der Waals surface area (Å²) >= 11 is 0. The van der Waals surface area contributed by atoms with Crippen LogP contribution in [-0.2, 0) is 13.8 Å². The highest BCUT2D eigenvalue weighted by Crippen LogP contribution is 2.38. The van der Waals surface area contributed by atoms with Gasteiger partial charge in [0.05, 0.1) is 12.7 Å². The normalized spacial score (nSPS) is 19.6. The van der Waals surface area contributed by atoms with Crippen molar-refractivity contribution < 1.29 is 37.6 Å². The molecule has 0 radical (unpaired) electrons. The molecule has 204 valence electrons. The number of hydrogen-bond donors (Lipinski definition) is 4. The number of H-pyrrole nitrogens is 1. The van der Waals surface area contributed by atoms with Crippen LogP contribution in [0.1, 0.15) is 35.1 Å². The van der Waals surface area contributed by atoms with Gasteiger partial charge in [-0.05, 0) is 45.4 Å². The molecular formula is C24H27N2O11P. The summed E-state index contributed by atoms with van der Waals surface area (Å²) in [5.74, 6) is 0.860. The lowest BCUT2D eigenvalue weighted by Crippen LogP contribution is -2.33. The predicted octanol–water partition coefficient (Wildman–Crippen LogP) is 2.07. The topological polar surface area (TPSA) is 194 Å². The number of aromatic amines is 1. The zero-order valence-electron chi connectivity index (χ0n) is 21.0. The van der Waals surface area contributed by atoms with Gasteiger partial charge in [-0.15, -0.1) is 0 Å². The second-order valence-electron chi connectivity index (χ2n) is 9.10. The first-order valence-corrected chi connectivity index (χ1v) is 13.1. The number of furan rings is 1. The lowest BCUT2D eigenvalue weighted by Gasteiger charge is -2.16. The third kappa shape index (κ3) is 5.88. The van der Waals surface area contributed by atoms with E-state index in [1.54, 1.807) is 0 Å². The number of nitrogens with one attached hydrogen (secondary N) is 1. The quantitative estimate of drug-likeness (QED) is 0.215. The molecule has 4 N–H and O–H groups in total. The van der Waals surface area contributed by atoms with Crippen molar-refractivity contribution in [2.45, 2.75) is 52.6 Å². The van der Waals surface area contributed by atoms with E-state index in [2.05, 4.69) is 9.51 Å². The van der Waals surface area contributed by atoms with Crippen LogP contribution >= 0.6 is 7.82 Å². The molecule has 4 heterocycles. The molecule has 0 spiro atoms. The number of aliphatic hydroxyl groups is 1.